The molecule has 1 aromatic carbocycles. The van der Waals surface area contributed by atoms with Crippen LogP contribution in [0.4, 0.5) is 16.3 Å². The van der Waals surface area contributed by atoms with Crippen LogP contribution in [0.1, 0.15) is 51.8 Å². The third-order valence-electron chi connectivity index (χ3n) is 6.21. The minimum Gasteiger partial charge on any atom is -0.388 e. The molecule has 3 aromatic rings. The fourth-order valence-corrected chi connectivity index (χ4v) is 4.16. The first-order valence-corrected chi connectivity index (χ1v) is 11.7. The number of fused-ring (bicyclic) bond motifs is 1. The average Bonchev–Trinajstić information content (AvgIpc) is 3.36. The number of aliphatic hydroxyl groups excluding tert-OH is 2. The molecule has 1 aliphatic heterocycles. The van der Waals surface area contributed by atoms with Crippen LogP contribution >= 0.6 is 0 Å². The molecule has 35 heavy (non-hydrogen) atoms. The highest BCUT2D eigenvalue weighted by atomic mass is 16.6. The summed E-state index contributed by atoms with van der Waals surface area (Å²) in [5.41, 5.74) is 8.66. The van der Waals surface area contributed by atoms with E-state index in [0.717, 1.165) is 5.69 Å². The zero-order chi connectivity index (χ0) is 25.2. The number of hydrogen-bond donors (Lipinski definition) is 5. The number of aromatic nitrogens is 4. The number of carbonyl (C=O) groups excluding carboxylic acids is 1. The third-order valence-corrected chi connectivity index (χ3v) is 6.21. The zero-order valence-electron chi connectivity index (χ0n) is 20.2. The van der Waals surface area contributed by atoms with Gasteiger partial charge in [-0.3, -0.25) is 4.57 Å². The first-order valence-electron chi connectivity index (χ1n) is 11.7. The van der Waals surface area contributed by atoms with Crippen molar-refractivity contribution in [2.24, 2.45) is 0 Å². The van der Waals surface area contributed by atoms with Crippen LogP contribution in [0.5, 0.6) is 0 Å². The lowest BCUT2D eigenvalue weighted by atomic mass is 9.87. The number of rotatable bonds is 7. The largest absolute Gasteiger partial charge is 0.388 e. The number of hydrogen-bond acceptors (Lipinski definition) is 8. The van der Waals surface area contributed by atoms with E-state index in [0.29, 0.717) is 37.0 Å². The van der Waals surface area contributed by atoms with E-state index in [1.165, 1.54) is 18.2 Å². The fourth-order valence-electron chi connectivity index (χ4n) is 4.16. The molecule has 2 amide bonds. The van der Waals surface area contributed by atoms with E-state index < -0.39 is 24.5 Å². The van der Waals surface area contributed by atoms with Gasteiger partial charge in [0.15, 0.2) is 17.7 Å². The Kier molecular flexibility index (Phi) is 7.20. The Balaban J connectivity index is 1.22. The standard InChI is InChI=1S/C24H33N7O4/c1-24(2,3)14-7-9-15(10-8-14)30-23(34)26-11-5-4-6-16-18(32)19(33)22(35-16)31-13-29-17-20(25)27-12-28-21(17)31/h7-10,12-13,16,18-19,22,32-33H,4-6,11H2,1-3H3,(H2,25,27,28)(H2,26,30,34)/t16-,18-,19-,22-/m1/s1. The molecule has 0 bridgehead atoms. The lowest BCUT2D eigenvalue weighted by Gasteiger charge is -2.19. The summed E-state index contributed by atoms with van der Waals surface area (Å²) in [7, 11) is 0. The molecule has 0 radical (unpaired) electrons. The number of aliphatic hydroxyl groups is 2. The fraction of sp³-hybridized carbons (Fsp3) is 0.500. The number of imidazole rings is 1. The van der Waals surface area contributed by atoms with Crippen LogP contribution in [0.25, 0.3) is 11.2 Å². The Morgan fingerprint density at radius 1 is 1.11 bits per heavy atom. The minimum atomic E-state index is -1.14. The van der Waals surface area contributed by atoms with Crippen LogP contribution in [0.3, 0.4) is 0 Å². The molecular formula is C24H33N7O4. The number of nitrogens with two attached hydrogens (primary N) is 1. The molecule has 0 spiro atoms. The number of amides is 2. The molecule has 1 saturated heterocycles. The number of carbonyl (C=O) groups is 1. The van der Waals surface area contributed by atoms with E-state index in [9.17, 15) is 15.0 Å². The van der Waals surface area contributed by atoms with Crippen LogP contribution in [0.15, 0.2) is 36.9 Å². The topological polar surface area (TPSA) is 160 Å². The van der Waals surface area contributed by atoms with Gasteiger partial charge in [-0.2, -0.15) is 0 Å². The smallest absolute Gasteiger partial charge is 0.319 e. The zero-order valence-corrected chi connectivity index (χ0v) is 20.2. The number of urea groups is 1. The maximum Gasteiger partial charge on any atom is 0.319 e. The molecule has 11 heteroatoms. The van der Waals surface area contributed by atoms with Gasteiger partial charge in [-0.1, -0.05) is 32.9 Å². The first kappa shape index (κ1) is 24.8. The highest BCUT2D eigenvalue weighted by Crippen LogP contribution is 2.33. The molecule has 0 unspecified atom stereocenters. The lowest BCUT2D eigenvalue weighted by molar-refractivity contribution is -0.0374. The Labute approximate surface area is 203 Å². The van der Waals surface area contributed by atoms with Gasteiger partial charge in [-0.15, -0.1) is 0 Å². The van der Waals surface area contributed by atoms with E-state index in [-0.39, 0.29) is 17.3 Å². The monoisotopic (exact) mass is 483 g/mol. The second kappa shape index (κ2) is 10.1. The van der Waals surface area contributed by atoms with Crippen LogP contribution in [-0.2, 0) is 10.2 Å². The summed E-state index contributed by atoms with van der Waals surface area (Å²) in [6.45, 7) is 6.90. The summed E-state index contributed by atoms with van der Waals surface area (Å²) >= 11 is 0. The maximum absolute atomic E-state index is 12.2. The minimum absolute atomic E-state index is 0.0579. The van der Waals surface area contributed by atoms with Crippen molar-refractivity contribution in [2.45, 2.75) is 70.0 Å². The second-order valence-corrected chi connectivity index (χ2v) is 9.83. The normalized spacial score (nSPS) is 22.4. The second-order valence-electron chi connectivity index (χ2n) is 9.83. The lowest BCUT2D eigenvalue weighted by Crippen LogP contribution is -2.32. The Morgan fingerprint density at radius 2 is 1.86 bits per heavy atom. The van der Waals surface area contributed by atoms with E-state index in [2.05, 4.69) is 46.4 Å². The molecule has 188 valence electrons. The number of ether oxygens (including phenoxy) is 1. The average molecular weight is 484 g/mol. The summed E-state index contributed by atoms with van der Waals surface area (Å²) < 4.78 is 7.50. The molecule has 1 fully saturated rings. The number of anilines is 2. The van der Waals surface area contributed by atoms with Crippen molar-refractivity contribution in [3.63, 3.8) is 0 Å². The summed E-state index contributed by atoms with van der Waals surface area (Å²) in [6.07, 6.45) is 1.13. The number of unbranched alkanes of at least 4 members (excludes halogenated alkanes) is 1. The summed E-state index contributed by atoms with van der Waals surface area (Å²) in [5, 5.41) is 26.7. The van der Waals surface area contributed by atoms with Crippen molar-refractivity contribution in [1.29, 1.82) is 0 Å². The van der Waals surface area contributed by atoms with Crippen LogP contribution < -0.4 is 16.4 Å². The van der Waals surface area contributed by atoms with Crippen molar-refractivity contribution < 1.29 is 19.7 Å². The van der Waals surface area contributed by atoms with E-state index >= 15 is 0 Å². The van der Waals surface area contributed by atoms with E-state index in [4.69, 9.17) is 10.5 Å². The predicted octanol–water partition coefficient (Wildman–Crippen LogP) is 2.32. The molecule has 2 aromatic heterocycles. The highest BCUT2D eigenvalue weighted by molar-refractivity contribution is 5.89. The molecule has 3 heterocycles. The number of nitrogens with zero attached hydrogens (tertiary/aromatic N) is 4. The van der Waals surface area contributed by atoms with E-state index in [1.54, 1.807) is 4.57 Å². The number of nitrogen functional groups attached to an aromatic ring is 1. The van der Waals surface area contributed by atoms with Crippen molar-refractivity contribution >= 4 is 28.7 Å². The summed E-state index contributed by atoms with van der Waals surface area (Å²) in [5.74, 6) is 0.233. The van der Waals surface area contributed by atoms with Gasteiger partial charge in [0.25, 0.3) is 0 Å². The van der Waals surface area contributed by atoms with Gasteiger partial charge in [0, 0.05) is 12.2 Å². The highest BCUT2D eigenvalue weighted by Gasteiger charge is 2.43. The SMILES string of the molecule is CC(C)(C)c1ccc(NC(=O)NCCCC[C@H]2O[C@@H](n3cnc4c(N)ncnc43)[C@H](O)[C@@H]2O)cc1. The van der Waals surface area contributed by atoms with Crippen molar-refractivity contribution in [1.82, 2.24) is 24.8 Å². The number of benzene rings is 1. The van der Waals surface area contributed by atoms with Crippen LogP contribution in [-0.4, -0.2) is 60.6 Å². The van der Waals surface area contributed by atoms with E-state index in [1.807, 2.05) is 24.3 Å². The maximum atomic E-state index is 12.2. The van der Waals surface area contributed by atoms with Gasteiger partial charge < -0.3 is 31.3 Å². The molecule has 4 atom stereocenters. The Morgan fingerprint density at radius 3 is 2.57 bits per heavy atom. The van der Waals surface area contributed by atoms with Gasteiger partial charge >= 0.3 is 6.03 Å². The van der Waals surface area contributed by atoms with Gasteiger partial charge in [0.2, 0.25) is 0 Å². The van der Waals surface area contributed by atoms with Gasteiger partial charge in [0.1, 0.15) is 24.1 Å². The molecule has 0 aliphatic carbocycles. The summed E-state index contributed by atoms with van der Waals surface area (Å²) in [4.78, 5) is 24.4. The molecular weight excluding hydrogens is 450 g/mol. The molecule has 6 N–H and O–H groups in total. The van der Waals surface area contributed by atoms with Crippen molar-refractivity contribution in [2.75, 3.05) is 17.6 Å². The quantitative estimate of drug-likeness (QED) is 0.320. The predicted molar refractivity (Wildman–Crippen MR) is 132 cm³/mol. The molecule has 4 rings (SSSR count). The van der Waals surface area contributed by atoms with Crippen molar-refractivity contribution in [3.05, 3.63) is 42.5 Å². The first-order chi connectivity index (χ1) is 16.6. The Bertz CT molecular complexity index is 1160. The molecule has 11 nitrogen and oxygen atoms in total. The molecule has 1 aliphatic rings. The van der Waals surface area contributed by atoms with Gasteiger partial charge in [0.05, 0.1) is 12.4 Å². The van der Waals surface area contributed by atoms with Crippen LogP contribution in [0, 0.1) is 0 Å². The Hall–Kier alpha value is -3.28. The van der Waals surface area contributed by atoms with Gasteiger partial charge in [-0.05, 0) is 42.4 Å². The third kappa shape index (κ3) is 5.53. The molecule has 0 saturated carbocycles. The van der Waals surface area contributed by atoms with Crippen LogP contribution in [0.2, 0.25) is 0 Å². The number of nitrogens with one attached hydrogen (secondary N) is 2. The van der Waals surface area contributed by atoms with Gasteiger partial charge in [-0.25, -0.2) is 19.7 Å². The summed E-state index contributed by atoms with van der Waals surface area (Å²) in [6, 6.07) is 7.54. The van der Waals surface area contributed by atoms with Crippen molar-refractivity contribution in [3.8, 4) is 0 Å².